The van der Waals surface area contributed by atoms with Gasteiger partial charge in [0.2, 0.25) is 11.8 Å². The van der Waals surface area contributed by atoms with Gasteiger partial charge in [0, 0.05) is 5.92 Å². The second kappa shape index (κ2) is 7.97. The number of ether oxygens (including phenoxy) is 1. The molecule has 1 aliphatic heterocycles. The molecule has 0 saturated carbocycles. The molecule has 1 aliphatic rings. The van der Waals surface area contributed by atoms with Crippen LogP contribution in [0.4, 0.5) is 5.69 Å². The van der Waals surface area contributed by atoms with Gasteiger partial charge < -0.3 is 4.74 Å². The van der Waals surface area contributed by atoms with Gasteiger partial charge >= 0.3 is 5.97 Å². The van der Waals surface area contributed by atoms with Crippen LogP contribution in [0.2, 0.25) is 0 Å². The van der Waals surface area contributed by atoms with Crippen molar-refractivity contribution in [2.75, 3.05) is 11.5 Å². The monoisotopic (exact) mass is 379 g/mol. The lowest BCUT2D eigenvalue weighted by molar-refractivity contribution is -0.122. The van der Waals surface area contributed by atoms with Crippen LogP contribution in [-0.2, 0) is 20.7 Å². The van der Waals surface area contributed by atoms with E-state index in [-0.39, 0.29) is 11.8 Å². The Morgan fingerprint density at radius 3 is 2.18 bits per heavy atom. The average molecular weight is 379 g/mol. The van der Waals surface area contributed by atoms with Crippen molar-refractivity contribution in [3.8, 4) is 0 Å². The van der Waals surface area contributed by atoms with E-state index in [1.807, 2.05) is 13.8 Å². The number of nitrogens with zero attached hydrogens (tertiary/aromatic N) is 1. The Kier molecular flexibility index (Phi) is 5.63. The highest BCUT2D eigenvalue weighted by molar-refractivity contribution is 6.22. The smallest absolute Gasteiger partial charge is 0.338 e. The van der Waals surface area contributed by atoms with Gasteiger partial charge in [-0.15, -0.1) is 0 Å². The van der Waals surface area contributed by atoms with Crippen LogP contribution >= 0.6 is 0 Å². The number of benzene rings is 2. The molecule has 28 heavy (non-hydrogen) atoms. The summed E-state index contributed by atoms with van der Waals surface area (Å²) in [6, 6.07) is 12.6. The van der Waals surface area contributed by atoms with Crippen molar-refractivity contribution in [1.82, 2.24) is 0 Å². The lowest BCUT2D eigenvalue weighted by atomic mass is 9.89. The van der Waals surface area contributed by atoms with Crippen LogP contribution < -0.4 is 4.90 Å². The van der Waals surface area contributed by atoms with Gasteiger partial charge in [-0.1, -0.05) is 36.2 Å². The van der Waals surface area contributed by atoms with E-state index in [0.717, 1.165) is 16.7 Å². The van der Waals surface area contributed by atoms with E-state index in [1.165, 1.54) is 4.90 Å². The number of esters is 1. The van der Waals surface area contributed by atoms with Gasteiger partial charge in [-0.25, -0.2) is 4.79 Å². The number of hydrogen-bond donors (Lipinski definition) is 0. The number of amides is 2. The lowest BCUT2D eigenvalue weighted by Gasteiger charge is -2.16. The van der Waals surface area contributed by atoms with Gasteiger partial charge in [0.15, 0.2) is 0 Å². The van der Waals surface area contributed by atoms with Crippen molar-refractivity contribution >= 4 is 23.5 Å². The van der Waals surface area contributed by atoms with E-state index in [4.69, 9.17) is 4.74 Å². The summed E-state index contributed by atoms with van der Waals surface area (Å²) in [5.41, 5.74) is 4.23. The Hall–Kier alpha value is -2.95. The SMILES string of the molecule is CCOC(=O)c1ccc(N2C(=O)[C@H](C)[C@@H](Cc3cc(C)cc(C)c3)C2=O)cc1. The van der Waals surface area contributed by atoms with Gasteiger partial charge in [-0.2, -0.15) is 0 Å². The molecule has 5 nitrogen and oxygen atoms in total. The third-order valence-corrected chi connectivity index (χ3v) is 5.12. The molecule has 0 bridgehead atoms. The summed E-state index contributed by atoms with van der Waals surface area (Å²) in [6.45, 7) is 7.89. The van der Waals surface area contributed by atoms with Crippen LogP contribution in [-0.4, -0.2) is 24.4 Å². The Balaban J connectivity index is 1.82. The predicted molar refractivity (Wildman–Crippen MR) is 107 cm³/mol. The average Bonchev–Trinajstić information content (AvgIpc) is 2.85. The third-order valence-electron chi connectivity index (χ3n) is 5.12. The van der Waals surface area contributed by atoms with Crippen molar-refractivity contribution in [3.05, 3.63) is 64.7 Å². The van der Waals surface area contributed by atoms with Crippen LogP contribution in [0.15, 0.2) is 42.5 Å². The molecule has 0 N–H and O–H groups in total. The fourth-order valence-electron chi connectivity index (χ4n) is 3.78. The van der Waals surface area contributed by atoms with Gasteiger partial charge in [0.1, 0.15) is 0 Å². The maximum atomic E-state index is 13.0. The summed E-state index contributed by atoms with van der Waals surface area (Å²) in [5, 5.41) is 0. The highest BCUT2D eigenvalue weighted by Gasteiger charge is 2.45. The second-order valence-electron chi connectivity index (χ2n) is 7.37. The maximum Gasteiger partial charge on any atom is 0.338 e. The standard InChI is InChI=1S/C23H25NO4/c1-5-28-23(27)18-6-8-19(9-7-18)24-21(25)16(4)20(22(24)26)13-17-11-14(2)10-15(3)12-17/h6-12,16,20H,5,13H2,1-4H3/t16-,20-/m1/s1. The zero-order chi connectivity index (χ0) is 20.4. The molecule has 0 aromatic heterocycles. The molecule has 2 aromatic rings. The van der Waals surface area contributed by atoms with Crippen molar-refractivity contribution in [2.24, 2.45) is 11.8 Å². The second-order valence-corrected chi connectivity index (χ2v) is 7.37. The normalized spacial score (nSPS) is 19.2. The molecule has 2 amide bonds. The van der Waals surface area contributed by atoms with Gasteiger partial charge in [-0.05, 0) is 57.0 Å². The Bertz CT molecular complexity index is 896. The summed E-state index contributed by atoms with van der Waals surface area (Å²) >= 11 is 0. The fourth-order valence-corrected chi connectivity index (χ4v) is 3.78. The zero-order valence-electron chi connectivity index (χ0n) is 16.7. The Morgan fingerprint density at radius 2 is 1.61 bits per heavy atom. The molecule has 2 atom stereocenters. The lowest BCUT2D eigenvalue weighted by Crippen LogP contribution is -2.31. The summed E-state index contributed by atoms with van der Waals surface area (Å²) in [6.07, 6.45) is 0.533. The first-order chi connectivity index (χ1) is 13.3. The van der Waals surface area contributed by atoms with E-state index < -0.39 is 17.8 Å². The molecular weight excluding hydrogens is 354 g/mol. The summed E-state index contributed by atoms with van der Waals surface area (Å²) < 4.78 is 4.97. The molecular formula is C23H25NO4. The quantitative estimate of drug-likeness (QED) is 0.585. The van der Waals surface area contributed by atoms with Gasteiger partial charge in [-0.3, -0.25) is 14.5 Å². The van der Waals surface area contributed by atoms with Crippen LogP contribution in [0, 0.1) is 25.7 Å². The largest absolute Gasteiger partial charge is 0.462 e. The number of anilines is 1. The van der Waals surface area contributed by atoms with E-state index in [9.17, 15) is 14.4 Å². The maximum absolute atomic E-state index is 13.0. The van der Waals surface area contributed by atoms with Crippen LogP contribution in [0.5, 0.6) is 0 Å². The van der Waals surface area contributed by atoms with E-state index >= 15 is 0 Å². The van der Waals surface area contributed by atoms with E-state index in [2.05, 4.69) is 18.2 Å². The molecule has 0 spiro atoms. The third kappa shape index (κ3) is 3.84. The fraction of sp³-hybridized carbons (Fsp3) is 0.348. The van der Waals surface area contributed by atoms with Crippen molar-refractivity contribution < 1.29 is 19.1 Å². The molecule has 1 saturated heterocycles. The molecule has 5 heteroatoms. The van der Waals surface area contributed by atoms with E-state index in [1.54, 1.807) is 38.1 Å². The number of imide groups is 1. The highest BCUT2D eigenvalue weighted by Crippen LogP contribution is 2.33. The van der Waals surface area contributed by atoms with E-state index in [0.29, 0.717) is 24.3 Å². The number of aryl methyl sites for hydroxylation is 2. The molecule has 0 unspecified atom stereocenters. The van der Waals surface area contributed by atoms with Crippen molar-refractivity contribution in [1.29, 1.82) is 0 Å². The van der Waals surface area contributed by atoms with Crippen LogP contribution in [0.3, 0.4) is 0 Å². The van der Waals surface area contributed by atoms with Crippen molar-refractivity contribution in [3.63, 3.8) is 0 Å². The first-order valence-electron chi connectivity index (χ1n) is 9.54. The molecule has 0 aliphatic carbocycles. The topological polar surface area (TPSA) is 63.7 Å². The number of carbonyl (C=O) groups excluding carboxylic acids is 3. The highest BCUT2D eigenvalue weighted by atomic mass is 16.5. The minimum absolute atomic E-state index is 0.194. The summed E-state index contributed by atoms with van der Waals surface area (Å²) in [5.74, 6) is -1.60. The van der Waals surface area contributed by atoms with Gasteiger partial charge in [0.25, 0.3) is 0 Å². The first-order valence-corrected chi connectivity index (χ1v) is 9.54. The molecule has 2 aromatic carbocycles. The number of carbonyl (C=O) groups is 3. The predicted octanol–water partition coefficient (Wildman–Crippen LogP) is 3.85. The Morgan fingerprint density at radius 1 is 1.00 bits per heavy atom. The molecule has 1 fully saturated rings. The minimum atomic E-state index is -0.422. The first kappa shape index (κ1) is 19.8. The summed E-state index contributed by atoms with van der Waals surface area (Å²) in [4.78, 5) is 38.9. The molecule has 146 valence electrons. The zero-order valence-corrected chi connectivity index (χ0v) is 16.7. The van der Waals surface area contributed by atoms with Crippen molar-refractivity contribution in [2.45, 2.75) is 34.1 Å². The molecule has 3 rings (SSSR count). The minimum Gasteiger partial charge on any atom is -0.462 e. The van der Waals surface area contributed by atoms with Crippen LogP contribution in [0.1, 0.15) is 40.9 Å². The molecule has 0 radical (unpaired) electrons. The van der Waals surface area contributed by atoms with Gasteiger partial charge in [0.05, 0.1) is 23.8 Å². The van der Waals surface area contributed by atoms with Crippen LogP contribution in [0.25, 0.3) is 0 Å². The Labute approximate surface area is 165 Å². The number of rotatable bonds is 5. The number of hydrogen-bond acceptors (Lipinski definition) is 4. The molecule has 1 heterocycles. The summed E-state index contributed by atoms with van der Waals surface area (Å²) in [7, 11) is 0.